The standard InChI is InChI=1S/C12H10ClNO3/c1-17-10-3-2-7(5-9(10)13)4-8-6-11(15)14-12(8)16/h2-5H,6H2,1H3,(H,14,15,16)/b8-4+. The second-order valence-corrected chi connectivity index (χ2v) is 4.02. The Balaban J connectivity index is 2.30. The van der Waals surface area contributed by atoms with E-state index in [-0.39, 0.29) is 18.2 Å². The third kappa shape index (κ3) is 2.47. The lowest BCUT2D eigenvalue weighted by atomic mass is 10.1. The van der Waals surface area contributed by atoms with Crippen molar-refractivity contribution in [2.75, 3.05) is 7.11 Å². The SMILES string of the molecule is COc1ccc(/C=C2\CC(=O)NC2=O)cc1Cl. The van der Waals surface area contributed by atoms with Crippen molar-refractivity contribution >= 4 is 29.5 Å². The molecule has 1 aliphatic rings. The van der Waals surface area contributed by atoms with E-state index in [1.165, 1.54) is 7.11 Å². The van der Waals surface area contributed by atoms with Crippen molar-refractivity contribution in [3.63, 3.8) is 0 Å². The van der Waals surface area contributed by atoms with E-state index in [2.05, 4.69) is 5.32 Å². The maximum absolute atomic E-state index is 11.3. The zero-order valence-electron chi connectivity index (χ0n) is 9.12. The van der Waals surface area contributed by atoms with Crippen LogP contribution >= 0.6 is 11.6 Å². The van der Waals surface area contributed by atoms with Gasteiger partial charge in [0, 0.05) is 5.57 Å². The quantitative estimate of drug-likeness (QED) is 0.644. The largest absolute Gasteiger partial charge is 0.495 e. The number of halogens is 1. The lowest BCUT2D eigenvalue weighted by molar-refractivity contribution is -0.124. The van der Waals surface area contributed by atoms with E-state index >= 15 is 0 Å². The molecule has 0 radical (unpaired) electrons. The predicted octanol–water partition coefficient (Wildman–Crippen LogP) is 1.78. The number of benzene rings is 1. The Morgan fingerprint density at radius 1 is 1.41 bits per heavy atom. The topological polar surface area (TPSA) is 55.4 Å². The van der Waals surface area contributed by atoms with E-state index in [1.54, 1.807) is 24.3 Å². The molecule has 0 aromatic heterocycles. The zero-order valence-corrected chi connectivity index (χ0v) is 9.88. The molecule has 0 bridgehead atoms. The maximum atomic E-state index is 11.3. The summed E-state index contributed by atoms with van der Waals surface area (Å²) in [5.74, 6) is -0.0523. The number of methoxy groups -OCH3 is 1. The Morgan fingerprint density at radius 2 is 2.18 bits per heavy atom. The molecule has 1 N–H and O–H groups in total. The number of hydrogen-bond donors (Lipinski definition) is 1. The van der Waals surface area contributed by atoms with Crippen molar-refractivity contribution in [2.24, 2.45) is 0 Å². The van der Waals surface area contributed by atoms with Crippen LogP contribution in [0.1, 0.15) is 12.0 Å². The van der Waals surface area contributed by atoms with Crippen LogP contribution in [0, 0.1) is 0 Å². The summed E-state index contributed by atoms with van der Waals surface area (Å²) in [7, 11) is 1.53. The van der Waals surface area contributed by atoms with Crippen molar-refractivity contribution < 1.29 is 14.3 Å². The summed E-state index contributed by atoms with van der Waals surface area (Å²) in [5, 5.41) is 2.68. The molecule has 17 heavy (non-hydrogen) atoms. The van der Waals surface area contributed by atoms with Crippen LogP contribution in [0.15, 0.2) is 23.8 Å². The summed E-state index contributed by atoms with van der Waals surface area (Å²) >= 11 is 5.96. The van der Waals surface area contributed by atoms with E-state index in [0.29, 0.717) is 16.3 Å². The molecule has 4 nitrogen and oxygen atoms in total. The summed E-state index contributed by atoms with van der Waals surface area (Å²) < 4.78 is 5.02. The average molecular weight is 252 g/mol. The Morgan fingerprint density at radius 3 is 2.71 bits per heavy atom. The first-order valence-corrected chi connectivity index (χ1v) is 5.36. The van der Waals surface area contributed by atoms with Crippen molar-refractivity contribution in [3.05, 3.63) is 34.4 Å². The molecular weight excluding hydrogens is 242 g/mol. The minimum Gasteiger partial charge on any atom is -0.495 e. The normalized spacial score (nSPS) is 17.4. The summed E-state index contributed by atoms with van der Waals surface area (Å²) in [6, 6.07) is 5.17. The van der Waals surface area contributed by atoms with Gasteiger partial charge in [-0.1, -0.05) is 17.7 Å². The molecule has 1 saturated heterocycles. The minimum atomic E-state index is -0.345. The molecule has 0 spiro atoms. The number of nitrogens with one attached hydrogen (secondary N) is 1. The average Bonchev–Trinajstić information content (AvgIpc) is 2.58. The fourth-order valence-corrected chi connectivity index (χ4v) is 1.86. The van der Waals surface area contributed by atoms with Gasteiger partial charge >= 0.3 is 0 Å². The van der Waals surface area contributed by atoms with E-state index < -0.39 is 0 Å². The zero-order chi connectivity index (χ0) is 12.4. The molecule has 0 unspecified atom stereocenters. The molecule has 0 atom stereocenters. The summed E-state index contributed by atoms with van der Waals surface area (Å²) in [6.45, 7) is 0. The molecule has 2 amide bonds. The van der Waals surface area contributed by atoms with Gasteiger partial charge in [0.2, 0.25) is 5.91 Å². The van der Waals surface area contributed by atoms with Gasteiger partial charge in [-0.2, -0.15) is 0 Å². The Kier molecular flexibility index (Phi) is 3.15. The van der Waals surface area contributed by atoms with Gasteiger partial charge in [0.1, 0.15) is 5.75 Å². The van der Waals surface area contributed by atoms with Crippen LogP contribution in [0.5, 0.6) is 5.75 Å². The first-order valence-electron chi connectivity index (χ1n) is 4.98. The van der Waals surface area contributed by atoms with Gasteiger partial charge in [-0.25, -0.2) is 0 Å². The molecule has 1 aromatic rings. The molecule has 1 fully saturated rings. The molecule has 5 heteroatoms. The van der Waals surface area contributed by atoms with Gasteiger partial charge < -0.3 is 4.74 Å². The highest BCUT2D eigenvalue weighted by Crippen LogP contribution is 2.26. The number of carbonyl (C=O) groups is 2. The molecule has 2 rings (SSSR count). The van der Waals surface area contributed by atoms with Gasteiger partial charge in [0.05, 0.1) is 18.6 Å². The lowest BCUT2D eigenvalue weighted by Gasteiger charge is -2.03. The van der Waals surface area contributed by atoms with Crippen LogP contribution in [0.3, 0.4) is 0 Å². The fourth-order valence-electron chi connectivity index (χ4n) is 1.59. The molecule has 1 aromatic carbocycles. The Bertz CT molecular complexity index is 522. The number of hydrogen-bond acceptors (Lipinski definition) is 3. The number of amides is 2. The van der Waals surface area contributed by atoms with Gasteiger partial charge in [-0.05, 0) is 23.8 Å². The number of rotatable bonds is 2. The molecule has 88 valence electrons. The highest BCUT2D eigenvalue weighted by atomic mass is 35.5. The minimum absolute atomic E-state index is 0.114. The highest BCUT2D eigenvalue weighted by molar-refractivity contribution is 6.32. The van der Waals surface area contributed by atoms with Gasteiger partial charge in [0.15, 0.2) is 0 Å². The summed E-state index contributed by atoms with van der Waals surface area (Å²) in [4.78, 5) is 22.3. The molecular formula is C12H10ClNO3. The van der Waals surface area contributed by atoms with Crippen LogP contribution in [0.25, 0.3) is 6.08 Å². The van der Waals surface area contributed by atoms with Gasteiger partial charge in [-0.3, -0.25) is 14.9 Å². The summed E-state index contributed by atoms with van der Waals surface area (Å²) in [6.07, 6.45) is 1.76. The number of carbonyl (C=O) groups excluding carboxylic acids is 2. The third-order valence-electron chi connectivity index (χ3n) is 2.41. The summed E-state index contributed by atoms with van der Waals surface area (Å²) in [5.41, 5.74) is 1.20. The second-order valence-electron chi connectivity index (χ2n) is 3.62. The van der Waals surface area contributed by atoms with Crippen molar-refractivity contribution in [2.45, 2.75) is 6.42 Å². The molecule has 1 heterocycles. The van der Waals surface area contributed by atoms with Crippen LogP contribution in [0.4, 0.5) is 0 Å². The Labute approximate surface area is 103 Å². The van der Waals surface area contributed by atoms with Gasteiger partial charge in [-0.15, -0.1) is 0 Å². The van der Waals surface area contributed by atoms with E-state index in [9.17, 15) is 9.59 Å². The van der Waals surface area contributed by atoms with Crippen LogP contribution in [-0.4, -0.2) is 18.9 Å². The predicted molar refractivity (Wildman–Crippen MR) is 63.7 cm³/mol. The van der Waals surface area contributed by atoms with Crippen molar-refractivity contribution in [1.82, 2.24) is 5.32 Å². The van der Waals surface area contributed by atoms with Gasteiger partial charge in [0.25, 0.3) is 5.91 Å². The molecule has 0 saturated carbocycles. The third-order valence-corrected chi connectivity index (χ3v) is 2.71. The van der Waals surface area contributed by atoms with Crippen LogP contribution < -0.4 is 10.1 Å². The molecule has 1 aliphatic heterocycles. The maximum Gasteiger partial charge on any atom is 0.254 e. The fraction of sp³-hybridized carbons (Fsp3) is 0.167. The number of imide groups is 1. The number of ether oxygens (including phenoxy) is 1. The Hall–Kier alpha value is -1.81. The van der Waals surface area contributed by atoms with E-state index in [1.807, 2.05) is 0 Å². The molecule has 0 aliphatic carbocycles. The van der Waals surface area contributed by atoms with Crippen LogP contribution in [-0.2, 0) is 9.59 Å². The first kappa shape index (κ1) is 11.7. The first-order chi connectivity index (χ1) is 8.10. The van der Waals surface area contributed by atoms with Crippen molar-refractivity contribution in [3.8, 4) is 5.75 Å². The van der Waals surface area contributed by atoms with E-state index in [4.69, 9.17) is 16.3 Å². The second kappa shape index (κ2) is 4.59. The smallest absolute Gasteiger partial charge is 0.254 e. The van der Waals surface area contributed by atoms with E-state index in [0.717, 1.165) is 5.56 Å². The lowest BCUT2D eigenvalue weighted by Crippen LogP contribution is -2.19. The van der Waals surface area contributed by atoms with Crippen LogP contribution in [0.2, 0.25) is 5.02 Å². The monoisotopic (exact) mass is 251 g/mol. The highest BCUT2D eigenvalue weighted by Gasteiger charge is 2.23. The van der Waals surface area contributed by atoms with Crippen molar-refractivity contribution in [1.29, 1.82) is 0 Å².